The van der Waals surface area contributed by atoms with Crippen LogP contribution in [-0.4, -0.2) is 31.3 Å². The number of anilines is 1. The monoisotopic (exact) mass is 248 g/mol. The van der Waals surface area contributed by atoms with Crippen molar-refractivity contribution in [2.24, 2.45) is 0 Å². The van der Waals surface area contributed by atoms with Crippen LogP contribution in [0.4, 0.5) is 5.69 Å². The number of hydrogen-bond acceptors (Lipinski definition) is 3. The van der Waals surface area contributed by atoms with Gasteiger partial charge in [0.25, 0.3) is 0 Å². The van der Waals surface area contributed by atoms with E-state index in [-0.39, 0.29) is 6.61 Å². The van der Waals surface area contributed by atoms with Crippen LogP contribution in [0.25, 0.3) is 0 Å². The molecular weight excluding hydrogens is 235 g/mol. The van der Waals surface area contributed by atoms with Crippen LogP contribution in [-0.2, 0) is 0 Å². The van der Waals surface area contributed by atoms with E-state index in [0.717, 1.165) is 18.8 Å². The van der Waals surface area contributed by atoms with Gasteiger partial charge in [0.2, 0.25) is 0 Å². The number of benzene rings is 1. The molecule has 15 heavy (non-hydrogen) atoms. The molecule has 0 unspecified atom stereocenters. The molecule has 0 saturated carbocycles. The van der Waals surface area contributed by atoms with Crippen LogP contribution in [0.5, 0.6) is 0 Å². The minimum absolute atomic E-state index is 0.151. The molecule has 1 aromatic rings. The summed E-state index contributed by atoms with van der Waals surface area (Å²) in [6.45, 7) is 2.26. The Morgan fingerprint density at radius 3 is 2.67 bits per heavy atom. The maximum absolute atomic E-state index is 8.54. The summed E-state index contributed by atoms with van der Waals surface area (Å²) in [5, 5.41) is 16.1. The number of aliphatic hydroxyl groups excluding tert-OH is 1. The third kappa shape index (κ3) is 4.71. The minimum atomic E-state index is 0.151. The van der Waals surface area contributed by atoms with Crippen LogP contribution in [0.3, 0.4) is 0 Å². The zero-order chi connectivity index (χ0) is 11.1. The topological polar surface area (TPSA) is 44.3 Å². The van der Waals surface area contributed by atoms with Crippen molar-refractivity contribution >= 4 is 28.9 Å². The first-order chi connectivity index (χ1) is 7.24. The first-order valence-corrected chi connectivity index (χ1v) is 5.50. The molecule has 84 valence electrons. The van der Waals surface area contributed by atoms with E-state index in [4.69, 9.17) is 28.3 Å². The average Bonchev–Trinajstić information content (AvgIpc) is 2.23. The maximum atomic E-state index is 8.54. The van der Waals surface area contributed by atoms with E-state index in [0.29, 0.717) is 16.6 Å². The van der Waals surface area contributed by atoms with Crippen LogP contribution in [0.2, 0.25) is 10.0 Å². The molecule has 0 aliphatic carbocycles. The number of rotatable bonds is 6. The molecule has 0 aromatic heterocycles. The maximum Gasteiger partial charge on any atom is 0.0638 e. The molecule has 0 bridgehead atoms. The third-order valence-electron chi connectivity index (χ3n) is 1.83. The average molecular weight is 249 g/mol. The molecule has 0 fully saturated rings. The van der Waals surface area contributed by atoms with E-state index < -0.39 is 0 Å². The van der Waals surface area contributed by atoms with Crippen molar-refractivity contribution in [2.45, 2.75) is 0 Å². The fourth-order valence-electron chi connectivity index (χ4n) is 1.12. The molecule has 0 radical (unpaired) electrons. The van der Waals surface area contributed by atoms with Crippen LogP contribution in [0.1, 0.15) is 0 Å². The van der Waals surface area contributed by atoms with Crippen LogP contribution >= 0.6 is 23.2 Å². The molecule has 0 amide bonds. The van der Waals surface area contributed by atoms with E-state index in [1.807, 2.05) is 0 Å². The van der Waals surface area contributed by atoms with Crippen molar-refractivity contribution in [3.05, 3.63) is 28.2 Å². The summed E-state index contributed by atoms with van der Waals surface area (Å²) in [4.78, 5) is 0. The molecule has 1 aromatic carbocycles. The second-order valence-electron chi connectivity index (χ2n) is 3.02. The highest BCUT2D eigenvalue weighted by Gasteiger charge is 1.99. The second kappa shape index (κ2) is 6.90. The Morgan fingerprint density at radius 1 is 1.13 bits per heavy atom. The van der Waals surface area contributed by atoms with Gasteiger partial charge in [-0.05, 0) is 18.2 Å². The molecular formula is C10H14Cl2N2O. The summed E-state index contributed by atoms with van der Waals surface area (Å²) < 4.78 is 0. The predicted molar refractivity (Wildman–Crippen MR) is 64.9 cm³/mol. The van der Waals surface area contributed by atoms with E-state index in [2.05, 4.69) is 10.6 Å². The molecule has 5 heteroatoms. The highest BCUT2D eigenvalue weighted by molar-refractivity contribution is 6.35. The predicted octanol–water partition coefficient (Wildman–Crippen LogP) is 1.99. The Kier molecular flexibility index (Phi) is 5.79. The fraction of sp³-hybridized carbons (Fsp3) is 0.400. The van der Waals surface area contributed by atoms with Gasteiger partial charge in [-0.25, -0.2) is 0 Å². The Bertz CT molecular complexity index is 307. The molecule has 1 rings (SSSR count). The molecule has 0 spiro atoms. The highest BCUT2D eigenvalue weighted by Crippen LogP contribution is 2.24. The lowest BCUT2D eigenvalue weighted by molar-refractivity contribution is 0.293. The molecule has 0 aliphatic heterocycles. The molecule has 0 saturated heterocycles. The summed E-state index contributed by atoms with van der Waals surface area (Å²) in [5.74, 6) is 0. The molecule has 0 atom stereocenters. The normalized spacial score (nSPS) is 10.3. The van der Waals surface area contributed by atoms with Crippen LogP contribution in [0, 0.1) is 0 Å². The van der Waals surface area contributed by atoms with E-state index in [9.17, 15) is 0 Å². The number of nitrogens with one attached hydrogen (secondary N) is 2. The van der Waals surface area contributed by atoms with Gasteiger partial charge in [0, 0.05) is 24.7 Å². The lowest BCUT2D eigenvalue weighted by atomic mass is 10.3. The SMILES string of the molecule is OCCNCCNc1cc(Cl)ccc1Cl. The van der Waals surface area contributed by atoms with Gasteiger partial charge in [0.15, 0.2) is 0 Å². The lowest BCUT2D eigenvalue weighted by Crippen LogP contribution is -2.24. The number of aliphatic hydroxyl groups is 1. The highest BCUT2D eigenvalue weighted by atomic mass is 35.5. The number of halogens is 2. The van der Waals surface area contributed by atoms with Crippen molar-refractivity contribution in [3.63, 3.8) is 0 Å². The van der Waals surface area contributed by atoms with Crippen molar-refractivity contribution in [1.82, 2.24) is 5.32 Å². The Labute approximate surface area is 99.4 Å². The Hall–Kier alpha value is -0.480. The lowest BCUT2D eigenvalue weighted by Gasteiger charge is -2.09. The Morgan fingerprint density at radius 2 is 1.93 bits per heavy atom. The van der Waals surface area contributed by atoms with Gasteiger partial charge in [0.05, 0.1) is 17.3 Å². The Balaban J connectivity index is 2.33. The molecule has 3 nitrogen and oxygen atoms in total. The molecule has 0 aliphatic rings. The molecule has 0 heterocycles. The largest absolute Gasteiger partial charge is 0.395 e. The van der Waals surface area contributed by atoms with Crippen LogP contribution < -0.4 is 10.6 Å². The summed E-state index contributed by atoms with van der Waals surface area (Å²) in [7, 11) is 0. The van der Waals surface area contributed by atoms with E-state index in [1.165, 1.54) is 0 Å². The van der Waals surface area contributed by atoms with Gasteiger partial charge in [-0.2, -0.15) is 0 Å². The minimum Gasteiger partial charge on any atom is -0.395 e. The van der Waals surface area contributed by atoms with Crippen molar-refractivity contribution < 1.29 is 5.11 Å². The second-order valence-corrected chi connectivity index (χ2v) is 3.87. The van der Waals surface area contributed by atoms with Crippen molar-refractivity contribution in [1.29, 1.82) is 0 Å². The van der Waals surface area contributed by atoms with Gasteiger partial charge in [-0.15, -0.1) is 0 Å². The van der Waals surface area contributed by atoms with Gasteiger partial charge in [-0.1, -0.05) is 23.2 Å². The van der Waals surface area contributed by atoms with Gasteiger partial charge < -0.3 is 15.7 Å². The summed E-state index contributed by atoms with van der Waals surface area (Å²) >= 11 is 11.8. The van der Waals surface area contributed by atoms with Gasteiger partial charge >= 0.3 is 0 Å². The number of hydrogen-bond donors (Lipinski definition) is 3. The first kappa shape index (κ1) is 12.6. The van der Waals surface area contributed by atoms with Gasteiger partial charge in [0.1, 0.15) is 0 Å². The van der Waals surface area contributed by atoms with Gasteiger partial charge in [-0.3, -0.25) is 0 Å². The van der Waals surface area contributed by atoms with Crippen molar-refractivity contribution in [2.75, 3.05) is 31.6 Å². The standard InChI is InChI=1S/C10H14Cl2N2O/c11-8-1-2-9(12)10(7-8)14-4-3-13-5-6-15/h1-2,7,13-15H,3-6H2. The zero-order valence-corrected chi connectivity index (χ0v) is 9.78. The summed E-state index contributed by atoms with van der Waals surface area (Å²) in [5.41, 5.74) is 0.829. The summed E-state index contributed by atoms with van der Waals surface area (Å²) in [6, 6.07) is 5.29. The third-order valence-corrected chi connectivity index (χ3v) is 2.40. The van der Waals surface area contributed by atoms with E-state index >= 15 is 0 Å². The fourth-order valence-corrected chi connectivity index (χ4v) is 1.48. The molecule has 3 N–H and O–H groups in total. The van der Waals surface area contributed by atoms with E-state index in [1.54, 1.807) is 18.2 Å². The smallest absolute Gasteiger partial charge is 0.0638 e. The summed E-state index contributed by atoms with van der Waals surface area (Å²) in [6.07, 6.45) is 0. The zero-order valence-electron chi connectivity index (χ0n) is 8.26. The van der Waals surface area contributed by atoms with Crippen LogP contribution in [0.15, 0.2) is 18.2 Å². The first-order valence-electron chi connectivity index (χ1n) is 4.74. The quantitative estimate of drug-likeness (QED) is 0.675. The van der Waals surface area contributed by atoms with Crippen molar-refractivity contribution in [3.8, 4) is 0 Å².